The van der Waals surface area contributed by atoms with Gasteiger partial charge in [0, 0.05) is 0 Å². The highest BCUT2D eigenvalue weighted by atomic mass is 19.4. The lowest BCUT2D eigenvalue weighted by Crippen LogP contribution is -2.44. The fourth-order valence-corrected chi connectivity index (χ4v) is 2.74. The zero-order valence-corrected chi connectivity index (χ0v) is 15.5. The number of nitrogens with zero attached hydrogens (tertiary/aromatic N) is 1. The number of carbonyl (C=O) groups excluding carboxylic acids is 3. The van der Waals surface area contributed by atoms with Gasteiger partial charge in [-0.3, -0.25) is 14.5 Å². The molecule has 2 rings (SSSR count). The van der Waals surface area contributed by atoms with Crippen molar-refractivity contribution in [2.24, 2.45) is 0 Å². The summed E-state index contributed by atoms with van der Waals surface area (Å²) in [6.45, 7) is 5.29. The van der Waals surface area contributed by atoms with Crippen molar-refractivity contribution in [1.29, 1.82) is 0 Å². The van der Waals surface area contributed by atoms with Crippen LogP contribution in [-0.2, 0) is 20.5 Å². The molecule has 1 aliphatic heterocycles. The maximum Gasteiger partial charge on any atom is 0.405 e. The van der Waals surface area contributed by atoms with Crippen LogP contribution < -0.4 is 10.6 Å². The number of alkyl halides is 3. The van der Waals surface area contributed by atoms with Crippen LogP contribution >= 0.6 is 0 Å². The Morgan fingerprint density at radius 3 is 2.19 bits per heavy atom. The van der Waals surface area contributed by atoms with E-state index < -0.39 is 42.7 Å². The van der Waals surface area contributed by atoms with Crippen molar-refractivity contribution < 1.29 is 27.6 Å². The van der Waals surface area contributed by atoms with E-state index in [1.807, 2.05) is 32.9 Å². The predicted octanol–water partition coefficient (Wildman–Crippen LogP) is 2.43. The second-order valence-corrected chi connectivity index (χ2v) is 7.67. The lowest BCUT2D eigenvalue weighted by atomic mass is 9.84. The van der Waals surface area contributed by atoms with Gasteiger partial charge in [0.15, 0.2) is 0 Å². The first-order valence-electron chi connectivity index (χ1n) is 8.32. The lowest BCUT2D eigenvalue weighted by molar-refractivity contribution is -0.141. The number of nitrogens with one attached hydrogen (secondary N) is 2. The normalized spacial score (nSPS) is 20.6. The van der Waals surface area contributed by atoms with Crippen molar-refractivity contribution in [3.63, 3.8) is 0 Å². The third kappa shape index (κ3) is 4.58. The Bertz CT molecular complexity index is 754. The van der Waals surface area contributed by atoms with Gasteiger partial charge in [-0.15, -0.1) is 0 Å². The van der Waals surface area contributed by atoms with Gasteiger partial charge >= 0.3 is 12.2 Å². The van der Waals surface area contributed by atoms with Crippen LogP contribution in [0.4, 0.5) is 18.0 Å². The molecule has 1 atom stereocenters. The average Bonchev–Trinajstić information content (AvgIpc) is 2.76. The molecule has 27 heavy (non-hydrogen) atoms. The predicted molar refractivity (Wildman–Crippen MR) is 91.8 cm³/mol. The molecule has 1 saturated heterocycles. The molecule has 9 heteroatoms. The molecule has 1 aromatic carbocycles. The molecule has 0 aromatic heterocycles. The van der Waals surface area contributed by atoms with E-state index in [9.17, 15) is 27.6 Å². The van der Waals surface area contributed by atoms with Crippen molar-refractivity contribution in [3.8, 4) is 0 Å². The number of hydrogen-bond acceptors (Lipinski definition) is 3. The maximum atomic E-state index is 12.7. The third-order valence-corrected chi connectivity index (χ3v) is 4.39. The van der Waals surface area contributed by atoms with Gasteiger partial charge in [0.25, 0.3) is 5.91 Å². The van der Waals surface area contributed by atoms with Crippen LogP contribution in [0.15, 0.2) is 24.3 Å². The molecule has 0 unspecified atom stereocenters. The van der Waals surface area contributed by atoms with Crippen LogP contribution in [-0.4, -0.2) is 42.0 Å². The topological polar surface area (TPSA) is 78.5 Å². The van der Waals surface area contributed by atoms with Crippen LogP contribution in [0, 0.1) is 0 Å². The molecule has 1 aliphatic rings. The van der Waals surface area contributed by atoms with Gasteiger partial charge in [-0.25, -0.2) is 4.79 Å². The minimum Gasteiger partial charge on any atom is -0.345 e. The first-order valence-corrected chi connectivity index (χ1v) is 8.32. The van der Waals surface area contributed by atoms with Gasteiger partial charge in [0.05, 0.1) is 0 Å². The Balaban J connectivity index is 2.15. The zero-order valence-electron chi connectivity index (χ0n) is 15.5. The number of urea groups is 1. The van der Waals surface area contributed by atoms with Crippen molar-refractivity contribution in [2.45, 2.75) is 44.8 Å². The molecule has 1 heterocycles. The van der Waals surface area contributed by atoms with E-state index in [1.165, 1.54) is 6.92 Å². The van der Waals surface area contributed by atoms with E-state index in [4.69, 9.17) is 0 Å². The highest BCUT2D eigenvalue weighted by Crippen LogP contribution is 2.31. The van der Waals surface area contributed by atoms with E-state index in [2.05, 4.69) is 5.32 Å². The smallest absolute Gasteiger partial charge is 0.345 e. The van der Waals surface area contributed by atoms with E-state index in [0.29, 0.717) is 10.5 Å². The van der Waals surface area contributed by atoms with Crippen LogP contribution in [0.2, 0.25) is 0 Å². The van der Waals surface area contributed by atoms with E-state index in [1.54, 1.807) is 17.4 Å². The van der Waals surface area contributed by atoms with Crippen LogP contribution in [0.3, 0.4) is 0 Å². The van der Waals surface area contributed by atoms with Crippen LogP contribution in [0.25, 0.3) is 0 Å². The minimum atomic E-state index is -4.57. The Hall–Kier alpha value is -2.58. The molecule has 6 nitrogen and oxygen atoms in total. The second-order valence-electron chi connectivity index (χ2n) is 7.67. The van der Waals surface area contributed by atoms with E-state index >= 15 is 0 Å². The van der Waals surface area contributed by atoms with Crippen molar-refractivity contribution in [1.82, 2.24) is 15.5 Å². The highest BCUT2D eigenvalue weighted by Gasteiger charge is 2.49. The summed E-state index contributed by atoms with van der Waals surface area (Å²) in [6.07, 6.45) is -4.57. The van der Waals surface area contributed by atoms with Crippen molar-refractivity contribution in [3.05, 3.63) is 35.4 Å². The molecule has 0 spiro atoms. The molecular formula is C18H22F3N3O3. The van der Waals surface area contributed by atoms with Gasteiger partial charge in [-0.2, -0.15) is 13.2 Å². The van der Waals surface area contributed by atoms with Gasteiger partial charge in [-0.05, 0) is 23.5 Å². The fraction of sp³-hybridized carbons (Fsp3) is 0.500. The highest BCUT2D eigenvalue weighted by molar-refractivity contribution is 6.09. The molecule has 1 aromatic rings. The SMILES string of the molecule is CC(C)(C)c1ccc([C@@]2(C)NC(=O)N(CC(=O)NCC(F)(F)F)C2=O)cc1. The largest absolute Gasteiger partial charge is 0.405 e. The molecule has 4 amide bonds. The molecule has 0 bridgehead atoms. The molecule has 0 radical (unpaired) electrons. The number of imide groups is 1. The molecule has 2 N–H and O–H groups in total. The summed E-state index contributed by atoms with van der Waals surface area (Å²) in [5.41, 5.74) is 0.0741. The summed E-state index contributed by atoms with van der Waals surface area (Å²) >= 11 is 0. The first kappa shape index (κ1) is 20.7. The first-order chi connectivity index (χ1) is 12.2. The van der Waals surface area contributed by atoms with E-state index in [0.717, 1.165) is 5.56 Å². The van der Waals surface area contributed by atoms with Gasteiger partial charge in [-0.1, -0.05) is 45.0 Å². The Kier molecular flexibility index (Phi) is 5.27. The summed E-state index contributed by atoms with van der Waals surface area (Å²) in [6, 6.07) is 6.29. The van der Waals surface area contributed by atoms with Crippen LogP contribution in [0.5, 0.6) is 0 Å². The number of benzene rings is 1. The van der Waals surface area contributed by atoms with E-state index in [-0.39, 0.29) is 5.41 Å². The molecule has 0 saturated carbocycles. The number of amides is 4. The average molecular weight is 385 g/mol. The summed E-state index contributed by atoms with van der Waals surface area (Å²) in [5.74, 6) is -1.76. The number of rotatable bonds is 4. The molecular weight excluding hydrogens is 363 g/mol. The summed E-state index contributed by atoms with van der Waals surface area (Å²) in [7, 11) is 0. The minimum absolute atomic E-state index is 0.0923. The Labute approximate surface area is 155 Å². The Morgan fingerprint density at radius 2 is 1.70 bits per heavy atom. The van der Waals surface area contributed by atoms with Crippen molar-refractivity contribution in [2.75, 3.05) is 13.1 Å². The summed E-state index contributed by atoms with van der Waals surface area (Å²) in [5, 5.41) is 4.16. The number of hydrogen-bond donors (Lipinski definition) is 2. The molecule has 148 valence electrons. The van der Waals surface area contributed by atoms with Crippen molar-refractivity contribution >= 4 is 17.8 Å². The summed E-state index contributed by atoms with van der Waals surface area (Å²) < 4.78 is 36.5. The van der Waals surface area contributed by atoms with Crippen LogP contribution in [0.1, 0.15) is 38.8 Å². The quantitative estimate of drug-likeness (QED) is 0.782. The number of carbonyl (C=O) groups is 3. The lowest BCUT2D eigenvalue weighted by Gasteiger charge is -2.24. The summed E-state index contributed by atoms with van der Waals surface area (Å²) in [4.78, 5) is 37.1. The second kappa shape index (κ2) is 6.86. The zero-order chi connectivity index (χ0) is 20.6. The maximum absolute atomic E-state index is 12.7. The fourth-order valence-electron chi connectivity index (χ4n) is 2.74. The number of halogens is 3. The van der Waals surface area contributed by atoms with Gasteiger partial charge in [0.1, 0.15) is 18.6 Å². The van der Waals surface area contributed by atoms with Gasteiger partial charge < -0.3 is 10.6 Å². The Morgan fingerprint density at radius 1 is 1.15 bits per heavy atom. The van der Waals surface area contributed by atoms with Gasteiger partial charge in [0.2, 0.25) is 5.91 Å². The molecule has 0 aliphatic carbocycles. The monoisotopic (exact) mass is 385 g/mol. The third-order valence-electron chi connectivity index (χ3n) is 4.39. The standard InChI is InChI=1S/C18H22F3N3O3/c1-16(2,3)11-5-7-12(8-6-11)17(4)14(26)24(15(27)23-17)9-13(25)22-10-18(19,20)21/h5-8H,9-10H2,1-4H3,(H,22,25)(H,23,27)/t17-/m1/s1. The molecule has 1 fully saturated rings.